The third kappa shape index (κ3) is 1.03. The summed E-state index contributed by atoms with van der Waals surface area (Å²) in [5.41, 5.74) is 5.62. The van der Waals surface area contributed by atoms with Crippen LogP contribution in [0.3, 0.4) is 0 Å². The fourth-order valence-electron chi connectivity index (χ4n) is 1.58. The molecule has 2 aliphatic rings. The van der Waals surface area contributed by atoms with E-state index in [4.69, 9.17) is 5.73 Å². The molecule has 1 aliphatic carbocycles. The number of amidine groups is 1. The van der Waals surface area contributed by atoms with Crippen molar-refractivity contribution in [1.29, 1.82) is 0 Å². The highest BCUT2D eigenvalue weighted by atomic mass is 32.2. The first-order valence-electron chi connectivity index (χ1n) is 3.73. The Kier molecular flexibility index (Phi) is 1.41. The highest BCUT2D eigenvalue weighted by molar-refractivity contribution is 8.13. The minimum atomic E-state index is 0.486. The molecule has 3 atom stereocenters. The largest absolute Gasteiger partial charge is 0.379 e. The monoisotopic (exact) mass is 156 g/mol. The Balaban J connectivity index is 2.11. The van der Waals surface area contributed by atoms with Gasteiger partial charge < -0.3 is 5.73 Å². The molecule has 2 nitrogen and oxygen atoms in total. The maximum atomic E-state index is 5.62. The van der Waals surface area contributed by atoms with Gasteiger partial charge >= 0.3 is 0 Å². The first-order valence-corrected chi connectivity index (χ1v) is 4.72. The van der Waals surface area contributed by atoms with Crippen LogP contribution >= 0.6 is 11.8 Å². The maximum absolute atomic E-state index is 5.62. The molecule has 0 amide bonds. The van der Waals surface area contributed by atoms with Crippen LogP contribution in [0.2, 0.25) is 0 Å². The molecule has 0 spiro atoms. The normalized spacial score (nSPS) is 45.3. The average Bonchev–Trinajstić information content (AvgIpc) is 2.59. The smallest absolute Gasteiger partial charge is 0.154 e. The van der Waals surface area contributed by atoms with E-state index in [0.29, 0.717) is 6.04 Å². The molecule has 56 valence electrons. The number of nitrogens with zero attached hydrogens (tertiary/aromatic N) is 1. The van der Waals surface area contributed by atoms with Gasteiger partial charge in [-0.1, -0.05) is 11.8 Å². The Morgan fingerprint density at radius 2 is 2.50 bits per heavy atom. The molecule has 1 heterocycles. The van der Waals surface area contributed by atoms with Gasteiger partial charge in [-0.15, -0.1) is 0 Å². The van der Waals surface area contributed by atoms with Crippen LogP contribution < -0.4 is 5.73 Å². The minimum absolute atomic E-state index is 0.486. The Morgan fingerprint density at radius 3 is 3.30 bits per heavy atom. The van der Waals surface area contributed by atoms with Gasteiger partial charge in [0.25, 0.3) is 0 Å². The lowest BCUT2D eigenvalue weighted by Gasteiger charge is -2.01. The summed E-state index contributed by atoms with van der Waals surface area (Å²) >= 11 is 1.72. The molecule has 10 heavy (non-hydrogen) atoms. The van der Waals surface area contributed by atoms with Crippen molar-refractivity contribution in [1.82, 2.24) is 0 Å². The molecule has 0 radical (unpaired) electrons. The van der Waals surface area contributed by atoms with E-state index in [0.717, 1.165) is 17.0 Å². The molecule has 0 aromatic rings. The molecule has 1 fully saturated rings. The number of nitrogens with two attached hydrogens (primary N) is 1. The third-order valence-corrected chi connectivity index (χ3v) is 3.37. The van der Waals surface area contributed by atoms with Gasteiger partial charge in [0.2, 0.25) is 0 Å². The van der Waals surface area contributed by atoms with E-state index in [2.05, 4.69) is 11.9 Å². The first-order chi connectivity index (χ1) is 4.77. The zero-order valence-corrected chi connectivity index (χ0v) is 6.90. The van der Waals surface area contributed by atoms with E-state index in [1.807, 2.05) is 0 Å². The van der Waals surface area contributed by atoms with Crippen molar-refractivity contribution in [2.24, 2.45) is 22.6 Å². The van der Waals surface area contributed by atoms with Gasteiger partial charge in [-0.25, -0.2) is 0 Å². The summed E-state index contributed by atoms with van der Waals surface area (Å²) in [6, 6.07) is 0.486. The molecule has 1 aliphatic heterocycles. The molecule has 3 heteroatoms. The van der Waals surface area contributed by atoms with Gasteiger partial charge in [-0.05, 0) is 25.2 Å². The molecule has 2 N–H and O–H groups in total. The van der Waals surface area contributed by atoms with Gasteiger partial charge in [0, 0.05) is 5.75 Å². The number of aliphatic imine (C=N–C) groups is 1. The highest BCUT2D eigenvalue weighted by Crippen LogP contribution is 2.46. The number of hydrogen-bond acceptors (Lipinski definition) is 3. The molecular formula is C7H12N2S. The Labute approximate surface area is 65.3 Å². The van der Waals surface area contributed by atoms with Crippen molar-refractivity contribution >= 4 is 16.9 Å². The lowest BCUT2D eigenvalue weighted by molar-refractivity contribution is 0.618. The second-order valence-corrected chi connectivity index (χ2v) is 4.22. The van der Waals surface area contributed by atoms with Crippen LogP contribution in [0, 0.1) is 11.8 Å². The summed E-state index contributed by atoms with van der Waals surface area (Å²) in [7, 11) is 0. The van der Waals surface area contributed by atoms with E-state index in [1.165, 1.54) is 12.2 Å². The predicted octanol–water partition coefficient (Wildman–Crippen LogP) is 1.07. The van der Waals surface area contributed by atoms with Crippen LogP contribution in [-0.4, -0.2) is 17.0 Å². The van der Waals surface area contributed by atoms with Gasteiger partial charge in [0.15, 0.2) is 5.17 Å². The topological polar surface area (TPSA) is 38.4 Å². The van der Waals surface area contributed by atoms with E-state index in [1.54, 1.807) is 11.8 Å². The number of fused-ring (bicyclic) bond motifs is 1. The maximum Gasteiger partial charge on any atom is 0.154 e. The number of thioether (sulfide) groups is 1. The molecule has 0 saturated heterocycles. The fourth-order valence-corrected chi connectivity index (χ4v) is 2.59. The van der Waals surface area contributed by atoms with Gasteiger partial charge in [0.1, 0.15) is 0 Å². The molecule has 0 aromatic carbocycles. The number of hydrogen-bond donors (Lipinski definition) is 1. The molecule has 0 bridgehead atoms. The second-order valence-electron chi connectivity index (χ2n) is 3.18. The predicted molar refractivity (Wildman–Crippen MR) is 45.1 cm³/mol. The molecule has 1 saturated carbocycles. The highest BCUT2D eigenvalue weighted by Gasteiger charge is 2.42. The lowest BCUT2D eigenvalue weighted by atomic mass is 10.2. The zero-order chi connectivity index (χ0) is 7.14. The first kappa shape index (κ1) is 6.53. The van der Waals surface area contributed by atoms with Crippen LogP contribution in [-0.2, 0) is 0 Å². The van der Waals surface area contributed by atoms with Crippen LogP contribution in [0.5, 0.6) is 0 Å². The van der Waals surface area contributed by atoms with E-state index >= 15 is 0 Å². The van der Waals surface area contributed by atoms with Crippen molar-refractivity contribution in [2.75, 3.05) is 5.75 Å². The standard InChI is InChI=1S/C7H12N2S/c1-4-6-2-5(6)3-10-7(8)9-4/h4-6H,2-3H2,1H3,(H2,8,9)/t4-,5?,6+/m0/s1. The van der Waals surface area contributed by atoms with E-state index in [9.17, 15) is 0 Å². The van der Waals surface area contributed by atoms with Gasteiger partial charge in [0.05, 0.1) is 6.04 Å². The molecule has 0 aromatic heterocycles. The lowest BCUT2D eigenvalue weighted by Crippen LogP contribution is -2.10. The Morgan fingerprint density at radius 1 is 1.70 bits per heavy atom. The van der Waals surface area contributed by atoms with Crippen LogP contribution in [0.1, 0.15) is 13.3 Å². The summed E-state index contributed by atoms with van der Waals surface area (Å²) < 4.78 is 0. The van der Waals surface area contributed by atoms with Crippen LogP contribution in [0.4, 0.5) is 0 Å². The summed E-state index contributed by atoms with van der Waals surface area (Å²) in [6.07, 6.45) is 1.38. The van der Waals surface area contributed by atoms with Crippen LogP contribution in [0.15, 0.2) is 4.99 Å². The van der Waals surface area contributed by atoms with Crippen molar-refractivity contribution in [2.45, 2.75) is 19.4 Å². The van der Waals surface area contributed by atoms with E-state index in [-0.39, 0.29) is 0 Å². The van der Waals surface area contributed by atoms with Gasteiger partial charge in [-0.3, -0.25) is 4.99 Å². The SMILES string of the molecule is C[C@@H]1N=C(N)SCC2C[C@@H]21. The van der Waals surface area contributed by atoms with Crippen molar-refractivity contribution in [3.8, 4) is 0 Å². The van der Waals surface area contributed by atoms with Crippen molar-refractivity contribution in [3.05, 3.63) is 0 Å². The quantitative estimate of drug-likeness (QED) is 0.570. The van der Waals surface area contributed by atoms with Crippen molar-refractivity contribution in [3.63, 3.8) is 0 Å². The summed E-state index contributed by atoms with van der Waals surface area (Å²) in [6.45, 7) is 2.17. The number of rotatable bonds is 0. The molecule has 2 rings (SSSR count). The fraction of sp³-hybridized carbons (Fsp3) is 0.857. The molecular weight excluding hydrogens is 144 g/mol. The Hall–Kier alpha value is -0.180. The second kappa shape index (κ2) is 2.16. The Bertz CT molecular complexity index is 178. The average molecular weight is 156 g/mol. The van der Waals surface area contributed by atoms with Crippen LogP contribution in [0.25, 0.3) is 0 Å². The zero-order valence-electron chi connectivity index (χ0n) is 6.08. The van der Waals surface area contributed by atoms with Crippen molar-refractivity contribution < 1.29 is 0 Å². The third-order valence-electron chi connectivity index (χ3n) is 2.37. The van der Waals surface area contributed by atoms with E-state index < -0.39 is 0 Å². The summed E-state index contributed by atoms with van der Waals surface area (Å²) in [5.74, 6) is 2.97. The van der Waals surface area contributed by atoms with Gasteiger partial charge in [-0.2, -0.15) is 0 Å². The summed E-state index contributed by atoms with van der Waals surface area (Å²) in [4.78, 5) is 4.36. The summed E-state index contributed by atoms with van der Waals surface area (Å²) in [5, 5.41) is 0.791. The minimum Gasteiger partial charge on any atom is -0.379 e. The molecule has 1 unspecified atom stereocenters.